The van der Waals surface area contributed by atoms with Crippen molar-refractivity contribution in [3.63, 3.8) is 0 Å². The highest BCUT2D eigenvalue weighted by atomic mass is 19.1. The van der Waals surface area contributed by atoms with Crippen LogP contribution in [-0.2, 0) is 11.3 Å². The van der Waals surface area contributed by atoms with E-state index >= 15 is 0 Å². The van der Waals surface area contributed by atoms with Crippen LogP contribution < -0.4 is 4.90 Å². The number of rotatable bonds is 5. The molecule has 0 saturated carbocycles. The Bertz CT molecular complexity index is 1050. The van der Waals surface area contributed by atoms with Crippen molar-refractivity contribution in [1.29, 1.82) is 0 Å². The maximum atomic E-state index is 14.9. The Balaban J connectivity index is 1.48. The highest BCUT2D eigenvalue weighted by molar-refractivity contribution is 5.80. The maximum Gasteiger partial charge on any atom is 0.244 e. The van der Waals surface area contributed by atoms with E-state index in [9.17, 15) is 9.18 Å². The maximum absolute atomic E-state index is 14.9. The van der Waals surface area contributed by atoms with Crippen LogP contribution in [0.3, 0.4) is 0 Å². The number of fused-ring (bicyclic) bond motifs is 1. The van der Waals surface area contributed by atoms with Crippen molar-refractivity contribution in [3.05, 3.63) is 42.1 Å². The first-order chi connectivity index (χ1) is 14.5. The van der Waals surface area contributed by atoms with E-state index in [1.54, 1.807) is 4.68 Å². The summed E-state index contributed by atoms with van der Waals surface area (Å²) in [6.07, 6.45) is 3.13. The molecule has 30 heavy (non-hydrogen) atoms. The molecule has 0 radical (unpaired) electrons. The Hall–Kier alpha value is -3.10. The molecule has 1 aromatic carbocycles. The summed E-state index contributed by atoms with van der Waals surface area (Å²) in [5.74, 6) is -0.139. The Morgan fingerprint density at radius 3 is 2.90 bits per heavy atom. The van der Waals surface area contributed by atoms with Gasteiger partial charge < -0.3 is 9.80 Å². The van der Waals surface area contributed by atoms with Gasteiger partial charge in [-0.25, -0.2) is 19.0 Å². The summed E-state index contributed by atoms with van der Waals surface area (Å²) >= 11 is 0. The third kappa shape index (κ3) is 3.83. The highest BCUT2D eigenvalue weighted by Gasteiger charge is 2.29. The average Bonchev–Trinajstić information content (AvgIpc) is 3.16. The summed E-state index contributed by atoms with van der Waals surface area (Å²) in [6, 6.07) is 7.56. The van der Waals surface area contributed by atoms with Crippen molar-refractivity contribution in [2.75, 3.05) is 25.0 Å². The summed E-state index contributed by atoms with van der Waals surface area (Å²) in [7, 11) is 1.83. The number of carbonyl (C=O) groups is 1. The normalized spacial score (nSPS) is 17.0. The molecule has 0 bridgehead atoms. The van der Waals surface area contributed by atoms with Gasteiger partial charge in [0.05, 0.1) is 11.2 Å². The van der Waals surface area contributed by atoms with E-state index in [-0.39, 0.29) is 36.0 Å². The third-order valence-corrected chi connectivity index (χ3v) is 5.68. The molecule has 9 heteroatoms. The second-order valence-electron chi connectivity index (χ2n) is 8.03. The van der Waals surface area contributed by atoms with Crippen LogP contribution in [0.4, 0.5) is 10.2 Å². The van der Waals surface area contributed by atoms with Crippen LogP contribution in [0, 0.1) is 5.82 Å². The van der Waals surface area contributed by atoms with Crippen molar-refractivity contribution in [2.24, 2.45) is 0 Å². The van der Waals surface area contributed by atoms with Gasteiger partial charge in [-0.2, -0.15) is 0 Å². The second-order valence-corrected chi connectivity index (χ2v) is 8.03. The van der Waals surface area contributed by atoms with Gasteiger partial charge in [0.15, 0.2) is 11.6 Å². The number of likely N-dealkylation sites (tertiary alicyclic amines) is 1. The molecule has 4 rings (SSSR count). The zero-order valence-electron chi connectivity index (χ0n) is 17.5. The minimum Gasteiger partial charge on any atom is -0.352 e. The summed E-state index contributed by atoms with van der Waals surface area (Å²) in [5, 5.41) is 8.22. The fraction of sp³-hybridized carbons (Fsp3) is 0.476. The van der Waals surface area contributed by atoms with Gasteiger partial charge in [0.2, 0.25) is 5.91 Å². The van der Waals surface area contributed by atoms with Crippen LogP contribution in [0.25, 0.3) is 11.0 Å². The number of aromatic nitrogens is 5. The van der Waals surface area contributed by atoms with Gasteiger partial charge in [-0.05, 0) is 30.9 Å². The number of likely N-dealkylation sites (N-methyl/N-ethyl adjacent to an activating group) is 1. The van der Waals surface area contributed by atoms with Crippen molar-refractivity contribution >= 4 is 22.8 Å². The van der Waals surface area contributed by atoms with E-state index in [0.717, 1.165) is 23.9 Å². The molecular weight excluding hydrogens is 385 g/mol. The number of hydrogen-bond acceptors (Lipinski definition) is 6. The highest BCUT2D eigenvalue weighted by Crippen LogP contribution is 2.26. The Morgan fingerprint density at radius 1 is 1.30 bits per heavy atom. The molecule has 3 heterocycles. The number of amides is 1. The molecule has 1 amide bonds. The first-order valence-electron chi connectivity index (χ1n) is 10.2. The molecule has 1 saturated heterocycles. The molecule has 1 aliphatic rings. The minimum absolute atomic E-state index is 0.0143. The van der Waals surface area contributed by atoms with Crippen LogP contribution >= 0.6 is 0 Å². The number of anilines is 1. The van der Waals surface area contributed by atoms with Crippen LogP contribution in [0.15, 0.2) is 30.6 Å². The quantitative estimate of drug-likeness (QED) is 0.642. The van der Waals surface area contributed by atoms with Gasteiger partial charge in [0, 0.05) is 26.2 Å². The second kappa shape index (κ2) is 8.33. The van der Waals surface area contributed by atoms with Crippen LogP contribution in [0.5, 0.6) is 0 Å². The van der Waals surface area contributed by atoms with Crippen LogP contribution in [0.2, 0.25) is 0 Å². The van der Waals surface area contributed by atoms with Crippen LogP contribution in [0.1, 0.15) is 38.3 Å². The van der Waals surface area contributed by atoms with E-state index in [0.29, 0.717) is 18.8 Å². The fourth-order valence-corrected chi connectivity index (χ4v) is 3.95. The average molecular weight is 411 g/mol. The lowest BCUT2D eigenvalue weighted by Crippen LogP contribution is -2.50. The van der Waals surface area contributed by atoms with E-state index in [1.807, 2.05) is 55.0 Å². The monoisotopic (exact) mass is 411 g/mol. The topological polar surface area (TPSA) is 80.0 Å². The lowest BCUT2D eigenvalue weighted by atomic mass is 10.0. The number of para-hydroxylation sites is 1. The largest absolute Gasteiger partial charge is 0.352 e. The standard InChI is InChI=1S/C21H26FN7O/c1-14(2)20-19(22)21(24-13-23-20)27(3)15-7-6-10-28(11-15)18(30)12-29-17-9-5-4-8-16(17)25-26-29/h4-5,8-9,13-15H,6-7,10-12H2,1-3H3. The zero-order valence-corrected chi connectivity index (χ0v) is 17.5. The van der Waals surface area contributed by atoms with Crippen molar-refractivity contribution in [2.45, 2.75) is 45.2 Å². The molecular formula is C21H26FN7O. The molecule has 1 fully saturated rings. The third-order valence-electron chi connectivity index (χ3n) is 5.68. The van der Waals surface area contributed by atoms with Gasteiger partial charge in [-0.3, -0.25) is 4.79 Å². The summed E-state index contributed by atoms with van der Waals surface area (Å²) < 4.78 is 16.5. The predicted octanol–water partition coefficient (Wildman–Crippen LogP) is 2.61. The van der Waals surface area contributed by atoms with Crippen molar-refractivity contribution < 1.29 is 9.18 Å². The number of piperidine rings is 1. The molecule has 3 aromatic rings. The van der Waals surface area contributed by atoms with Crippen LogP contribution in [-0.4, -0.2) is 61.9 Å². The number of nitrogens with zero attached hydrogens (tertiary/aromatic N) is 7. The smallest absolute Gasteiger partial charge is 0.244 e. The lowest BCUT2D eigenvalue weighted by molar-refractivity contribution is -0.133. The Labute approximate surface area is 174 Å². The van der Waals surface area contributed by atoms with Gasteiger partial charge >= 0.3 is 0 Å². The number of benzene rings is 1. The molecule has 8 nitrogen and oxygen atoms in total. The van der Waals surface area contributed by atoms with Gasteiger partial charge in [-0.15, -0.1) is 5.10 Å². The van der Waals surface area contributed by atoms with E-state index in [1.165, 1.54) is 6.33 Å². The predicted molar refractivity (Wildman–Crippen MR) is 112 cm³/mol. The van der Waals surface area contributed by atoms with Crippen molar-refractivity contribution in [1.82, 2.24) is 29.9 Å². The summed E-state index contributed by atoms with van der Waals surface area (Å²) in [4.78, 5) is 24.9. The molecule has 1 atom stereocenters. The lowest BCUT2D eigenvalue weighted by Gasteiger charge is -2.38. The van der Waals surface area contributed by atoms with Gasteiger partial charge in [0.1, 0.15) is 18.4 Å². The molecule has 0 aliphatic carbocycles. The van der Waals surface area contributed by atoms with E-state index in [2.05, 4.69) is 20.3 Å². The molecule has 0 N–H and O–H groups in total. The van der Waals surface area contributed by atoms with Crippen molar-refractivity contribution in [3.8, 4) is 0 Å². The fourth-order valence-electron chi connectivity index (χ4n) is 3.95. The van der Waals surface area contributed by atoms with Gasteiger partial charge in [-0.1, -0.05) is 31.2 Å². The Morgan fingerprint density at radius 2 is 2.10 bits per heavy atom. The summed E-state index contributed by atoms with van der Waals surface area (Å²) in [6.45, 7) is 5.14. The number of carbonyl (C=O) groups excluding carboxylic acids is 1. The zero-order chi connectivity index (χ0) is 21.3. The van der Waals surface area contributed by atoms with Gasteiger partial charge in [0.25, 0.3) is 0 Å². The summed E-state index contributed by atoms with van der Waals surface area (Å²) in [5.41, 5.74) is 2.01. The molecule has 1 aliphatic heterocycles. The number of halogens is 1. The Kier molecular flexibility index (Phi) is 5.61. The molecule has 158 valence electrons. The molecule has 2 aromatic heterocycles. The SMILES string of the molecule is CC(C)c1ncnc(N(C)C2CCCN(C(=O)Cn3nnc4ccccc43)C2)c1F. The molecule has 1 unspecified atom stereocenters. The first kappa shape index (κ1) is 20.2. The van der Waals surface area contributed by atoms with E-state index < -0.39 is 0 Å². The first-order valence-corrected chi connectivity index (χ1v) is 10.2. The molecule has 0 spiro atoms. The van der Waals surface area contributed by atoms with E-state index in [4.69, 9.17) is 0 Å². The number of hydrogen-bond donors (Lipinski definition) is 0. The minimum atomic E-state index is -0.382.